The van der Waals surface area contributed by atoms with Crippen molar-refractivity contribution in [3.63, 3.8) is 0 Å². The quantitative estimate of drug-likeness (QED) is 0.428. The predicted octanol–water partition coefficient (Wildman–Crippen LogP) is 4.03. The number of carbonyl (C=O) groups is 1. The van der Waals surface area contributed by atoms with E-state index in [-0.39, 0.29) is 13.2 Å². The van der Waals surface area contributed by atoms with Crippen LogP contribution in [0.1, 0.15) is 22.8 Å². The summed E-state index contributed by atoms with van der Waals surface area (Å²) in [6, 6.07) is 26.4. The van der Waals surface area contributed by atoms with E-state index in [1.165, 1.54) is 5.06 Å². The van der Waals surface area contributed by atoms with E-state index in [1.54, 1.807) is 24.3 Å². The maximum absolute atomic E-state index is 11.4. The van der Waals surface area contributed by atoms with Crippen molar-refractivity contribution in [1.29, 1.82) is 0 Å². The van der Waals surface area contributed by atoms with E-state index >= 15 is 0 Å². The topological polar surface area (TPSA) is 59.0 Å². The molecule has 1 amide bonds. The zero-order chi connectivity index (χ0) is 19.6. The van der Waals surface area contributed by atoms with Gasteiger partial charge in [0.1, 0.15) is 12.7 Å². The first-order chi connectivity index (χ1) is 13.8. The number of hydrogen-bond donors (Lipinski definition) is 1. The first-order valence-corrected chi connectivity index (χ1v) is 9.07. The number of carbonyl (C=O) groups excluding carboxylic acids is 1. The Morgan fingerprint density at radius 1 is 0.821 bits per heavy atom. The van der Waals surface area contributed by atoms with Gasteiger partial charge in [0.15, 0.2) is 0 Å². The lowest BCUT2D eigenvalue weighted by Crippen LogP contribution is -2.21. The smallest absolute Gasteiger partial charge is 0.238 e. The second-order valence-corrected chi connectivity index (χ2v) is 6.30. The minimum Gasteiger partial charge on any atom is -0.386 e. The summed E-state index contributed by atoms with van der Waals surface area (Å²) in [5.41, 5.74) is 3.33. The molecule has 0 aromatic heterocycles. The number of aliphatic hydroxyl groups excluding tert-OH is 1. The van der Waals surface area contributed by atoms with Crippen LogP contribution >= 0.6 is 0 Å². The average Bonchev–Trinajstić information content (AvgIpc) is 2.76. The van der Waals surface area contributed by atoms with Gasteiger partial charge in [0, 0.05) is 0 Å². The Bertz CT molecular complexity index is 837. The third kappa shape index (κ3) is 5.76. The highest BCUT2D eigenvalue weighted by molar-refractivity contribution is 5.72. The fourth-order valence-electron chi connectivity index (χ4n) is 2.69. The highest BCUT2D eigenvalue weighted by Gasteiger charge is 2.11. The van der Waals surface area contributed by atoms with Crippen LogP contribution in [-0.4, -0.2) is 18.1 Å². The molecule has 0 bridgehead atoms. The van der Waals surface area contributed by atoms with Crippen LogP contribution in [0.25, 0.3) is 0 Å². The largest absolute Gasteiger partial charge is 0.386 e. The maximum Gasteiger partial charge on any atom is 0.238 e. The third-order valence-corrected chi connectivity index (χ3v) is 4.23. The van der Waals surface area contributed by atoms with Crippen LogP contribution in [0.2, 0.25) is 0 Å². The Kier molecular flexibility index (Phi) is 7.32. The van der Waals surface area contributed by atoms with Gasteiger partial charge in [0.05, 0.1) is 18.9 Å². The summed E-state index contributed by atoms with van der Waals surface area (Å²) in [6.07, 6.45) is -0.121. The van der Waals surface area contributed by atoms with Gasteiger partial charge in [0.25, 0.3) is 0 Å². The van der Waals surface area contributed by atoms with Crippen molar-refractivity contribution in [2.45, 2.75) is 19.3 Å². The summed E-state index contributed by atoms with van der Waals surface area (Å²) in [4.78, 5) is 16.9. The Hall–Kier alpha value is -2.99. The number of rotatable bonds is 10. The highest BCUT2D eigenvalue weighted by Crippen LogP contribution is 2.20. The van der Waals surface area contributed by atoms with Gasteiger partial charge in [-0.05, 0) is 28.8 Å². The highest BCUT2D eigenvalue weighted by atomic mass is 16.7. The zero-order valence-electron chi connectivity index (χ0n) is 15.5. The van der Waals surface area contributed by atoms with Crippen LogP contribution in [0.5, 0.6) is 0 Å². The van der Waals surface area contributed by atoms with Crippen LogP contribution < -0.4 is 5.06 Å². The lowest BCUT2D eigenvalue weighted by atomic mass is 10.1. The molecular weight excluding hydrogens is 354 g/mol. The lowest BCUT2D eigenvalue weighted by Gasteiger charge is -2.18. The molecule has 0 aliphatic rings. The molecule has 3 rings (SSSR count). The second kappa shape index (κ2) is 10.4. The first-order valence-electron chi connectivity index (χ1n) is 9.07. The molecule has 0 aliphatic heterocycles. The molecule has 3 aromatic carbocycles. The molecule has 0 unspecified atom stereocenters. The Labute approximate surface area is 164 Å². The molecule has 1 N–H and O–H groups in total. The lowest BCUT2D eigenvalue weighted by molar-refractivity contribution is -0.114. The number of nitrogens with zero attached hydrogens (tertiary/aromatic N) is 1. The van der Waals surface area contributed by atoms with Gasteiger partial charge >= 0.3 is 0 Å². The van der Waals surface area contributed by atoms with E-state index in [0.29, 0.717) is 24.3 Å². The molecule has 0 radical (unpaired) electrons. The standard InChI is InChI=1S/C23H23NO4/c25-18-24(28-16-20-9-5-2-6-10-20)22-13-11-21(12-14-22)23(26)17-27-15-19-7-3-1-4-8-19/h1-14,18,23,26H,15-17H2/t23-/m0/s1. The minimum absolute atomic E-state index is 0.191. The molecule has 0 saturated carbocycles. The van der Waals surface area contributed by atoms with Crippen molar-refractivity contribution in [3.05, 3.63) is 102 Å². The van der Waals surface area contributed by atoms with Gasteiger partial charge in [0.2, 0.25) is 6.41 Å². The first kappa shape index (κ1) is 19.8. The minimum atomic E-state index is -0.743. The zero-order valence-corrected chi connectivity index (χ0v) is 15.5. The van der Waals surface area contributed by atoms with Gasteiger partial charge in [-0.2, -0.15) is 5.06 Å². The molecule has 144 valence electrons. The summed E-state index contributed by atoms with van der Waals surface area (Å²) in [7, 11) is 0. The molecular formula is C23H23NO4. The predicted molar refractivity (Wildman–Crippen MR) is 107 cm³/mol. The number of hydroxylamine groups is 1. The maximum atomic E-state index is 11.4. The molecule has 1 atom stereocenters. The molecule has 0 fully saturated rings. The van der Waals surface area contributed by atoms with E-state index < -0.39 is 6.10 Å². The molecule has 5 nitrogen and oxygen atoms in total. The molecule has 0 saturated heterocycles. The Morgan fingerprint density at radius 3 is 1.96 bits per heavy atom. The summed E-state index contributed by atoms with van der Waals surface area (Å²) in [6.45, 7) is 0.926. The number of benzene rings is 3. The van der Waals surface area contributed by atoms with Crippen molar-refractivity contribution in [2.75, 3.05) is 11.7 Å². The Balaban J connectivity index is 1.51. The SMILES string of the molecule is O=CN(OCc1ccccc1)c1ccc([C@@H](O)COCc2ccccc2)cc1. The summed E-state index contributed by atoms with van der Waals surface area (Å²) in [5.74, 6) is 0. The van der Waals surface area contributed by atoms with Gasteiger partial charge in [-0.1, -0.05) is 72.8 Å². The van der Waals surface area contributed by atoms with Crippen molar-refractivity contribution >= 4 is 12.1 Å². The van der Waals surface area contributed by atoms with Crippen molar-refractivity contribution < 1.29 is 19.5 Å². The molecule has 28 heavy (non-hydrogen) atoms. The fraction of sp³-hybridized carbons (Fsp3) is 0.174. The number of hydrogen-bond acceptors (Lipinski definition) is 4. The third-order valence-electron chi connectivity index (χ3n) is 4.23. The molecule has 3 aromatic rings. The van der Waals surface area contributed by atoms with Crippen molar-refractivity contribution in [1.82, 2.24) is 0 Å². The molecule has 0 spiro atoms. The molecule has 0 heterocycles. The van der Waals surface area contributed by atoms with E-state index in [2.05, 4.69) is 0 Å². The van der Waals surface area contributed by atoms with E-state index in [0.717, 1.165) is 11.1 Å². The van der Waals surface area contributed by atoms with Crippen LogP contribution in [0.15, 0.2) is 84.9 Å². The van der Waals surface area contributed by atoms with Gasteiger partial charge in [-0.25, -0.2) is 0 Å². The summed E-state index contributed by atoms with van der Waals surface area (Å²) < 4.78 is 5.58. The van der Waals surface area contributed by atoms with Crippen LogP contribution in [-0.2, 0) is 27.6 Å². The number of aliphatic hydroxyl groups is 1. The fourth-order valence-corrected chi connectivity index (χ4v) is 2.69. The Morgan fingerprint density at radius 2 is 1.39 bits per heavy atom. The van der Waals surface area contributed by atoms with E-state index in [4.69, 9.17) is 9.57 Å². The van der Waals surface area contributed by atoms with E-state index in [9.17, 15) is 9.90 Å². The van der Waals surface area contributed by atoms with E-state index in [1.807, 2.05) is 60.7 Å². The number of amides is 1. The van der Waals surface area contributed by atoms with Crippen molar-refractivity contribution in [3.8, 4) is 0 Å². The van der Waals surface area contributed by atoms with Gasteiger partial charge < -0.3 is 9.84 Å². The van der Waals surface area contributed by atoms with Crippen LogP contribution in [0.4, 0.5) is 5.69 Å². The van der Waals surface area contributed by atoms with Gasteiger partial charge in [-0.3, -0.25) is 9.63 Å². The molecule has 5 heteroatoms. The second-order valence-electron chi connectivity index (χ2n) is 6.30. The van der Waals surface area contributed by atoms with Crippen LogP contribution in [0, 0.1) is 0 Å². The summed E-state index contributed by atoms with van der Waals surface area (Å²) in [5, 5.41) is 11.5. The normalized spacial score (nSPS) is 11.8. The van der Waals surface area contributed by atoms with Crippen molar-refractivity contribution in [2.24, 2.45) is 0 Å². The van der Waals surface area contributed by atoms with Gasteiger partial charge in [-0.15, -0.1) is 0 Å². The number of anilines is 1. The molecule has 0 aliphatic carbocycles. The number of ether oxygens (including phenoxy) is 1. The average molecular weight is 377 g/mol. The summed E-state index contributed by atoms with van der Waals surface area (Å²) >= 11 is 0. The monoisotopic (exact) mass is 377 g/mol. The van der Waals surface area contributed by atoms with Crippen LogP contribution in [0.3, 0.4) is 0 Å².